The molecule has 2 heterocycles. The summed E-state index contributed by atoms with van der Waals surface area (Å²) >= 11 is 1.51. The Morgan fingerprint density at radius 3 is 2.31 bits per heavy atom. The fourth-order valence-electron chi connectivity index (χ4n) is 4.20. The Morgan fingerprint density at radius 1 is 1.06 bits per heavy atom. The minimum absolute atomic E-state index is 0.109. The van der Waals surface area contributed by atoms with E-state index in [9.17, 15) is 4.79 Å². The Balaban J connectivity index is 1.34. The molecular weight excluding hydrogens is 466 g/mol. The van der Waals surface area contributed by atoms with E-state index >= 15 is 0 Å². The number of likely N-dealkylation sites (tertiary alicyclic amines) is 1. The lowest BCUT2D eigenvalue weighted by Crippen LogP contribution is -2.38. The van der Waals surface area contributed by atoms with Gasteiger partial charge in [-0.1, -0.05) is 11.3 Å². The lowest BCUT2D eigenvalue weighted by atomic mass is 10.0. The molecule has 35 heavy (non-hydrogen) atoms. The topological polar surface area (TPSA) is 93.2 Å². The summed E-state index contributed by atoms with van der Waals surface area (Å²) in [5.74, 6) is 1.99. The largest absolute Gasteiger partial charge is 0.511 e. The molecule has 1 saturated heterocycles. The molecule has 2 N–H and O–H groups in total. The predicted molar refractivity (Wildman–Crippen MR) is 138 cm³/mol. The second-order valence-corrected chi connectivity index (χ2v) is 10.4. The number of nitrogens with zero attached hydrogens (tertiary/aromatic N) is 2. The molecule has 0 unspecified atom stereocenters. The molecule has 4 rings (SSSR count). The normalized spacial score (nSPS) is 15.0. The molecule has 3 aromatic rings. The first-order chi connectivity index (χ1) is 16.7. The van der Waals surface area contributed by atoms with E-state index < -0.39 is 6.16 Å². The summed E-state index contributed by atoms with van der Waals surface area (Å²) in [5, 5.41) is 13.2. The van der Waals surface area contributed by atoms with Gasteiger partial charge in [0.25, 0.3) is 0 Å². The number of fused-ring (bicyclic) bond motifs is 1. The number of carboxylic acid groups (broad SMARTS) is 1. The fraction of sp³-hybridized carbons (Fsp3) is 0.462. The van der Waals surface area contributed by atoms with Crippen LogP contribution in [0, 0.1) is 0 Å². The summed E-state index contributed by atoms with van der Waals surface area (Å²) in [6, 6.07) is 11.7. The van der Waals surface area contributed by atoms with E-state index in [1.165, 1.54) is 16.9 Å². The van der Waals surface area contributed by atoms with Crippen LogP contribution in [0.1, 0.15) is 46.1 Å². The smallest absolute Gasteiger partial charge is 0.491 e. The van der Waals surface area contributed by atoms with Crippen LogP contribution >= 0.6 is 11.3 Å². The lowest BCUT2D eigenvalue weighted by molar-refractivity contribution is 0.144. The minimum Gasteiger partial charge on any atom is -0.491 e. The SMILES string of the molecule is CC(C)Oc1cc(CN2CCC(Nc3nc4ccc(OC(=O)O)cc4s3)CC2)cc(OC(C)C)c1. The number of anilines is 1. The van der Waals surface area contributed by atoms with Crippen LogP contribution in [-0.2, 0) is 6.54 Å². The summed E-state index contributed by atoms with van der Waals surface area (Å²) in [6.07, 6.45) is 0.930. The summed E-state index contributed by atoms with van der Waals surface area (Å²) in [4.78, 5) is 17.9. The van der Waals surface area contributed by atoms with Crippen molar-refractivity contribution in [2.45, 2.75) is 65.3 Å². The van der Waals surface area contributed by atoms with Crippen molar-refractivity contribution in [2.75, 3.05) is 18.4 Å². The number of hydrogen-bond acceptors (Lipinski definition) is 8. The van der Waals surface area contributed by atoms with Crippen molar-refractivity contribution in [1.29, 1.82) is 0 Å². The molecule has 1 fully saturated rings. The summed E-state index contributed by atoms with van der Waals surface area (Å²) < 4.78 is 17.5. The Labute approximate surface area is 209 Å². The third-order valence-electron chi connectivity index (χ3n) is 5.57. The summed E-state index contributed by atoms with van der Waals surface area (Å²) in [5.41, 5.74) is 2.02. The standard InChI is InChI=1S/C26H33N3O5S/c1-16(2)32-21-11-18(12-22(13-21)33-17(3)4)15-29-9-7-19(8-10-29)27-25-28-23-6-5-20(34-26(30)31)14-24(23)35-25/h5-6,11-14,16-17,19H,7-10,15H2,1-4H3,(H,27,28)(H,30,31). The highest BCUT2D eigenvalue weighted by molar-refractivity contribution is 7.22. The highest BCUT2D eigenvalue weighted by Gasteiger charge is 2.21. The third-order valence-corrected chi connectivity index (χ3v) is 6.52. The van der Waals surface area contributed by atoms with Crippen LogP contribution in [0.3, 0.4) is 0 Å². The zero-order valence-electron chi connectivity index (χ0n) is 20.6. The van der Waals surface area contributed by atoms with Gasteiger partial charge in [-0.2, -0.15) is 0 Å². The van der Waals surface area contributed by atoms with Crippen LogP contribution in [-0.4, -0.2) is 52.5 Å². The van der Waals surface area contributed by atoms with E-state index in [-0.39, 0.29) is 12.2 Å². The van der Waals surface area contributed by atoms with E-state index in [1.807, 2.05) is 33.8 Å². The van der Waals surface area contributed by atoms with Gasteiger partial charge in [0.05, 0.1) is 22.4 Å². The van der Waals surface area contributed by atoms with Gasteiger partial charge in [0.2, 0.25) is 0 Å². The van der Waals surface area contributed by atoms with Crippen molar-refractivity contribution >= 4 is 32.8 Å². The van der Waals surface area contributed by atoms with Crippen molar-refractivity contribution in [3.05, 3.63) is 42.0 Å². The number of thiazole rings is 1. The highest BCUT2D eigenvalue weighted by atomic mass is 32.1. The molecule has 0 atom stereocenters. The molecule has 188 valence electrons. The van der Waals surface area contributed by atoms with Gasteiger partial charge in [-0.3, -0.25) is 4.90 Å². The maximum atomic E-state index is 10.8. The molecule has 0 amide bonds. The van der Waals surface area contributed by atoms with E-state index in [4.69, 9.17) is 19.3 Å². The summed E-state index contributed by atoms with van der Waals surface area (Å²) in [6.45, 7) is 10.9. The maximum absolute atomic E-state index is 10.8. The first kappa shape index (κ1) is 25.1. The van der Waals surface area contributed by atoms with Crippen LogP contribution in [0.4, 0.5) is 9.93 Å². The molecule has 8 nitrogen and oxygen atoms in total. The van der Waals surface area contributed by atoms with E-state index in [0.29, 0.717) is 11.8 Å². The van der Waals surface area contributed by atoms with Crippen molar-refractivity contribution in [3.63, 3.8) is 0 Å². The predicted octanol–water partition coefficient (Wildman–Crippen LogP) is 6.00. The third kappa shape index (κ3) is 7.22. The second-order valence-electron chi connectivity index (χ2n) is 9.36. The number of piperidine rings is 1. The Hall–Kier alpha value is -3.04. The van der Waals surface area contributed by atoms with E-state index in [0.717, 1.165) is 59.3 Å². The molecule has 0 radical (unpaired) electrons. The van der Waals surface area contributed by atoms with Crippen molar-refractivity contribution < 1.29 is 24.1 Å². The van der Waals surface area contributed by atoms with Gasteiger partial charge in [0.1, 0.15) is 17.2 Å². The lowest BCUT2D eigenvalue weighted by Gasteiger charge is -2.32. The molecule has 9 heteroatoms. The van der Waals surface area contributed by atoms with Crippen LogP contribution in [0.2, 0.25) is 0 Å². The van der Waals surface area contributed by atoms with Gasteiger partial charge in [-0.25, -0.2) is 9.78 Å². The number of rotatable bonds is 9. The van der Waals surface area contributed by atoms with Crippen LogP contribution in [0.5, 0.6) is 17.2 Å². The van der Waals surface area contributed by atoms with Crippen LogP contribution in [0.15, 0.2) is 36.4 Å². The quantitative estimate of drug-likeness (QED) is 0.273. The first-order valence-corrected chi connectivity index (χ1v) is 12.8. The molecule has 2 aromatic carbocycles. The Bertz CT molecular complexity index is 1130. The van der Waals surface area contributed by atoms with Crippen molar-refractivity contribution in [1.82, 2.24) is 9.88 Å². The summed E-state index contributed by atoms with van der Waals surface area (Å²) in [7, 11) is 0. The molecule has 1 aromatic heterocycles. The average Bonchev–Trinajstić information content (AvgIpc) is 3.15. The first-order valence-electron chi connectivity index (χ1n) is 12.0. The van der Waals surface area contributed by atoms with Gasteiger partial charge in [0.15, 0.2) is 5.13 Å². The zero-order valence-corrected chi connectivity index (χ0v) is 21.4. The van der Waals surface area contributed by atoms with E-state index in [1.54, 1.807) is 18.2 Å². The number of hydrogen-bond donors (Lipinski definition) is 2. The second kappa shape index (κ2) is 11.1. The van der Waals surface area contributed by atoms with E-state index in [2.05, 4.69) is 27.3 Å². The molecule has 0 spiro atoms. The van der Waals surface area contributed by atoms with Crippen molar-refractivity contribution in [2.24, 2.45) is 0 Å². The maximum Gasteiger partial charge on any atom is 0.511 e. The Morgan fingerprint density at radius 2 is 1.71 bits per heavy atom. The van der Waals surface area contributed by atoms with Gasteiger partial charge in [0, 0.05) is 37.8 Å². The van der Waals surface area contributed by atoms with Crippen LogP contribution < -0.4 is 19.5 Å². The Kier molecular flexibility index (Phi) is 7.97. The molecule has 0 bridgehead atoms. The van der Waals surface area contributed by atoms with Crippen molar-refractivity contribution in [3.8, 4) is 17.2 Å². The minimum atomic E-state index is -1.32. The molecule has 1 aliphatic heterocycles. The zero-order chi connectivity index (χ0) is 24.9. The van der Waals surface area contributed by atoms with Gasteiger partial charge >= 0.3 is 6.16 Å². The number of benzene rings is 2. The van der Waals surface area contributed by atoms with Gasteiger partial charge < -0.3 is 24.6 Å². The monoisotopic (exact) mass is 499 g/mol. The number of aromatic nitrogens is 1. The van der Waals surface area contributed by atoms with Gasteiger partial charge in [-0.05, 0) is 70.4 Å². The number of ether oxygens (including phenoxy) is 3. The number of nitrogens with one attached hydrogen (secondary N) is 1. The molecule has 0 saturated carbocycles. The average molecular weight is 500 g/mol. The molecule has 0 aliphatic carbocycles. The molecule has 1 aliphatic rings. The number of carbonyl (C=O) groups is 1. The van der Waals surface area contributed by atoms with Gasteiger partial charge in [-0.15, -0.1) is 0 Å². The van der Waals surface area contributed by atoms with Crippen LogP contribution in [0.25, 0.3) is 10.2 Å². The fourth-order valence-corrected chi connectivity index (χ4v) is 5.17. The molecular formula is C26H33N3O5S. The highest BCUT2D eigenvalue weighted by Crippen LogP contribution is 2.31.